The van der Waals surface area contributed by atoms with E-state index >= 15 is 0 Å². The third-order valence-electron chi connectivity index (χ3n) is 3.49. The topological polar surface area (TPSA) is 58.1 Å². The number of alkyl halides is 5. The number of nitrogens with one attached hydrogen (secondary N) is 1. The number of amides is 1. The third kappa shape index (κ3) is 4.73. The zero-order chi connectivity index (χ0) is 17.0. The highest BCUT2D eigenvalue weighted by atomic mass is 19.4. The molecule has 0 saturated carbocycles. The number of aromatic nitrogens is 2. The maximum absolute atomic E-state index is 12.7. The Morgan fingerprint density at radius 3 is 2.78 bits per heavy atom. The number of piperidine rings is 1. The van der Waals surface area contributed by atoms with Gasteiger partial charge in [-0.3, -0.25) is 4.79 Å². The van der Waals surface area contributed by atoms with Crippen LogP contribution >= 0.6 is 0 Å². The molecule has 1 unspecified atom stereocenters. The molecule has 1 fully saturated rings. The second kappa shape index (κ2) is 7.05. The van der Waals surface area contributed by atoms with E-state index in [1.165, 1.54) is 4.90 Å². The highest BCUT2D eigenvalue weighted by Gasteiger charge is 2.34. The minimum Gasteiger partial charge on any atom is -0.356 e. The molecule has 1 aromatic rings. The van der Waals surface area contributed by atoms with Crippen molar-refractivity contribution in [1.82, 2.24) is 15.3 Å². The summed E-state index contributed by atoms with van der Waals surface area (Å²) in [5.41, 5.74) is -1.06. The number of rotatable bonds is 4. The molecule has 1 aromatic heterocycles. The molecule has 0 bridgehead atoms. The fraction of sp³-hybridized carbons (Fsp3) is 0.615. The number of halogens is 5. The smallest absolute Gasteiger partial charge is 0.356 e. The Morgan fingerprint density at radius 1 is 1.39 bits per heavy atom. The number of carbonyl (C=O) groups excluding carboxylic acids is 1. The second-order valence-electron chi connectivity index (χ2n) is 5.18. The van der Waals surface area contributed by atoms with Crippen LogP contribution in [-0.2, 0) is 11.0 Å². The predicted octanol–water partition coefficient (Wildman–Crippen LogP) is 2.09. The van der Waals surface area contributed by atoms with E-state index in [9.17, 15) is 26.7 Å². The van der Waals surface area contributed by atoms with E-state index in [2.05, 4.69) is 15.3 Å². The Morgan fingerprint density at radius 2 is 2.13 bits per heavy atom. The van der Waals surface area contributed by atoms with Crippen LogP contribution in [0.5, 0.6) is 0 Å². The van der Waals surface area contributed by atoms with Gasteiger partial charge in [0, 0.05) is 19.2 Å². The Hall–Kier alpha value is -2.00. The van der Waals surface area contributed by atoms with Crippen molar-refractivity contribution in [2.24, 2.45) is 5.92 Å². The van der Waals surface area contributed by atoms with Gasteiger partial charge >= 0.3 is 6.18 Å². The summed E-state index contributed by atoms with van der Waals surface area (Å²) in [6, 6.07) is 0.819. The highest BCUT2D eigenvalue weighted by molar-refractivity contribution is 5.79. The van der Waals surface area contributed by atoms with Crippen molar-refractivity contribution in [3.05, 3.63) is 18.1 Å². The minimum atomic E-state index is -4.58. The number of hydrogen-bond acceptors (Lipinski definition) is 4. The Balaban J connectivity index is 2.05. The molecule has 1 amide bonds. The first-order chi connectivity index (χ1) is 10.8. The molecule has 1 saturated heterocycles. The van der Waals surface area contributed by atoms with E-state index in [0.29, 0.717) is 19.4 Å². The van der Waals surface area contributed by atoms with Crippen LogP contribution in [0.25, 0.3) is 0 Å². The Kier molecular flexibility index (Phi) is 5.32. The van der Waals surface area contributed by atoms with Crippen LogP contribution in [0.1, 0.15) is 18.5 Å². The molecule has 1 atom stereocenters. The van der Waals surface area contributed by atoms with Crippen molar-refractivity contribution >= 4 is 11.7 Å². The summed E-state index contributed by atoms with van der Waals surface area (Å²) < 4.78 is 62.2. The maximum atomic E-state index is 12.7. The highest BCUT2D eigenvalue weighted by Crippen LogP contribution is 2.30. The van der Waals surface area contributed by atoms with Crippen molar-refractivity contribution in [2.75, 3.05) is 24.5 Å². The first-order valence-corrected chi connectivity index (χ1v) is 6.97. The van der Waals surface area contributed by atoms with Gasteiger partial charge in [0.15, 0.2) is 0 Å². The van der Waals surface area contributed by atoms with Gasteiger partial charge in [-0.15, -0.1) is 0 Å². The third-order valence-corrected chi connectivity index (χ3v) is 3.49. The van der Waals surface area contributed by atoms with Gasteiger partial charge in [-0.25, -0.2) is 18.7 Å². The number of anilines is 1. The summed E-state index contributed by atoms with van der Waals surface area (Å²) in [5.74, 6) is -1.02. The summed E-state index contributed by atoms with van der Waals surface area (Å²) in [6.45, 7) is -0.169. The zero-order valence-electron chi connectivity index (χ0n) is 12.0. The lowest BCUT2D eigenvalue weighted by Crippen LogP contribution is -2.44. The summed E-state index contributed by atoms with van der Waals surface area (Å²) in [7, 11) is 0. The fourth-order valence-electron chi connectivity index (χ4n) is 2.40. The number of carbonyl (C=O) groups is 1. The van der Waals surface area contributed by atoms with Crippen molar-refractivity contribution in [2.45, 2.75) is 25.4 Å². The van der Waals surface area contributed by atoms with E-state index in [0.717, 1.165) is 12.4 Å². The summed E-state index contributed by atoms with van der Waals surface area (Å²) in [5, 5.41) is 2.13. The van der Waals surface area contributed by atoms with Gasteiger partial charge in [0.25, 0.3) is 6.43 Å². The summed E-state index contributed by atoms with van der Waals surface area (Å²) >= 11 is 0. The lowest BCUT2D eigenvalue weighted by Gasteiger charge is -2.33. The lowest BCUT2D eigenvalue weighted by atomic mass is 9.97. The van der Waals surface area contributed by atoms with Gasteiger partial charge in [0.05, 0.1) is 12.5 Å². The van der Waals surface area contributed by atoms with Crippen LogP contribution in [0.3, 0.4) is 0 Å². The van der Waals surface area contributed by atoms with E-state index < -0.39 is 36.7 Å². The Bertz CT molecular complexity index is 551. The van der Waals surface area contributed by atoms with Crippen molar-refractivity contribution in [1.29, 1.82) is 0 Å². The average Bonchev–Trinajstić information content (AvgIpc) is 2.52. The van der Waals surface area contributed by atoms with Gasteiger partial charge in [-0.05, 0) is 12.8 Å². The van der Waals surface area contributed by atoms with Gasteiger partial charge in [0.1, 0.15) is 17.8 Å². The van der Waals surface area contributed by atoms with Gasteiger partial charge < -0.3 is 10.2 Å². The lowest BCUT2D eigenvalue weighted by molar-refractivity contribution is -0.141. The number of nitrogens with zero attached hydrogens (tertiary/aromatic N) is 3. The molecule has 10 heteroatoms. The molecule has 1 aliphatic heterocycles. The van der Waals surface area contributed by atoms with Crippen LogP contribution in [0.4, 0.5) is 27.8 Å². The molecule has 5 nitrogen and oxygen atoms in total. The molecule has 23 heavy (non-hydrogen) atoms. The second-order valence-corrected chi connectivity index (χ2v) is 5.18. The first-order valence-electron chi connectivity index (χ1n) is 6.97. The van der Waals surface area contributed by atoms with Crippen LogP contribution in [0.15, 0.2) is 12.4 Å². The molecule has 0 aromatic carbocycles. The van der Waals surface area contributed by atoms with Gasteiger partial charge in [-0.1, -0.05) is 0 Å². The van der Waals surface area contributed by atoms with Crippen LogP contribution < -0.4 is 10.2 Å². The molecule has 1 aliphatic rings. The van der Waals surface area contributed by atoms with Crippen molar-refractivity contribution in [3.63, 3.8) is 0 Å². The molecule has 128 valence electrons. The van der Waals surface area contributed by atoms with Crippen LogP contribution in [0, 0.1) is 5.92 Å². The molecular formula is C13H15F5N4O. The quantitative estimate of drug-likeness (QED) is 0.854. The molecule has 0 radical (unpaired) electrons. The molecular weight excluding hydrogens is 323 g/mol. The normalized spacial score (nSPS) is 19.0. The molecule has 0 spiro atoms. The molecule has 1 N–H and O–H groups in total. The van der Waals surface area contributed by atoms with E-state index in [-0.39, 0.29) is 12.4 Å². The standard InChI is InChI=1S/C13H15F5N4O/c14-10(15)5-19-12(23)8-2-1-3-22(6-8)11-4-9(13(16,17)18)20-7-21-11/h4,7-8,10H,1-3,5-6H2,(H,19,23). The van der Waals surface area contributed by atoms with Crippen molar-refractivity contribution < 1.29 is 26.7 Å². The number of hydrogen-bond donors (Lipinski definition) is 1. The Labute approximate surface area is 128 Å². The van der Waals surface area contributed by atoms with Crippen LogP contribution in [0.2, 0.25) is 0 Å². The van der Waals surface area contributed by atoms with E-state index in [1.54, 1.807) is 0 Å². The monoisotopic (exact) mass is 338 g/mol. The zero-order valence-corrected chi connectivity index (χ0v) is 12.0. The van der Waals surface area contributed by atoms with Crippen LogP contribution in [-0.4, -0.2) is 41.9 Å². The first kappa shape index (κ1) is 17.4. The van der Waals surface area contributed by atoms with Gasteiger partial charge in [0.2, 0.25) is 5.91 Å². The molecule has 2 heterocycles. The minimum absolute atomic E-state index is 0.0682. The molecule has 0 aliphatic carbocycles. The SMILES string of the molecule is O=C(NCC(F)F)C1CCCN(c2cc(C(F)(F)F)ncn2)C1. The summed E-state index contributed by atoms with van der Waals surface area (Å²) in [6.07, 6.45) is -5.36. The van der Waals surface area contributed by atoms with Gasteiger partial charge in [-0.2, -0.15) is 13.2 Å². The average molecular weight is 338 g/mol. The summed E-state index contributed by atoms with van der Waals surface area (Å²) in [4.78, 5) is 20.3. The maximum Gasteiger partial charge on any atom is 0.433 e. The molecule has 2 rings (SSSR count). The van der Waals surface area contributed by atoms with E-state index in [1.807, 2.05) is 0 Å². The predicted molar refractivity (Wildman–Crippen MR) is 71.0 cm³/mol. The van der Waals surface area contributed by atoms with Crippen molar-refractivity contribution in [3.8, 4) is 0 Å². The van der Waals surface area contributed by atoms with E-state index in [4.69, 9.17) is 0 Å². The fourth-order valence-corrected chi connectivity index (χ4v) is 2.40. The largest absolute Gasteiger partial charge is 0.433 e.